The van der Waals surface area contributed by atoms with E-state index in [1.807, 2.05) is 11.8 Å². The Kier molecular flexibility index (Phi) is 1.95. The lowest BCUT2D eigenvalue weighted by Gasteiger charge is -2.27. The molecule has 0 aromatic carbocycles. The molecule has 11 heavy (non-hydrogen) atoms. The predicted octanol–water partition coefficient (Wildman–Crippen LogP) is 0.382. The zero-order valence-corrected chi connectivity index (χ0v) is 7.23. The zero-order chi connectivity index (χ0) is 7.73. The molecule has 0 aromatic heterocycles. The van der Waals surface area contributed by atoms with Gasteiger partial charge in [0.1, 0.15) is 0 Å². The second-order valence-corrected chi connectivity index (χ2v) is 4.33. The fourth-order valence-corrected chi connectivity index (χ4v) is 2.97. The van der Waals surface area contributed by atoms with Crippen LogP contribution in [0.25, 0.3) is 0 Å². The fraction of sp³-hybridized carbons (Fsp3) is 0.750. The standard InChI is InChI=1S/C8H13NOS/c10-8(3-5-11-6-8)7-2-1-4-9-7/h1-2,7,9-10H,3-6H2. The molecule has 2 atom stereocenters. The first-order chi connectivity index (χ1) is 5.31. The molecule has 3 heteroatoms. The lowest BCUT2D eigenvalue weighted by atomic mass is 9.94. The summed E-state index contributed by atoms with van der Waals surface area (Å²) in [4.78, 5) is 0. The minimum absolute atomic E-state index is 0.206. The van der Waals surface area contributed by atoms with Gasteiger partial charge in [-0.1, -0.05) is 12.2 Å². The summed E-state index contributed by atoms with van der Waals surface area (Å²) in [6.45, 7) is 0.914. The van der Waals surface area contributed by atoms with E-state index in [-0.39, 0.29) is 6.04 Å². The van der Waals surface area contributed by atoms with Crippen molar-refractivity contribution in [1.82, 2.24) is 5.32 Å². The van der Waals surface area contributed by atoms with Crippen molar-refractivity contribution in [1.29, 1.82) is 0 Å². The summed E-state index contributed by atoms with van der Waals surface area (Å²) in [5.74, 6) is 1.98. The van der Waals surface area contributed by atoms with Gasteiger partial charge < -0.3 is 10.4 Å². The van der Waals surface area contributed by atoms with Crippen LogP contribution in [0.1, 0.15) is 6.42 Å². The minimum atomic E-state index is -0.461. The highest BCUT2D eigenvalue weighted by Crippen LogP contribution is 2.31. The van der Waals surface area contributed by atoms with Gasteiger partial charge in [-0.15, -0.1) is 0 Å². The molecule has 1 saturated heterocycles. The number of hydrogen-bond donors (Lipinski definition) is 2. The second-order valence-electron chi connectivity index (χ2n) is 3.22. The topological polar surface area (TPSA) is 32.3 Å². The van der Waals surface area contributed by atoms with Crippen LogP contribution in [-0.4, -0.2) is 34.8 Å². The van der Waals surface area contributed by atoms with Crippen molar-refractivity contribution in [2.24, 2.45) is 0 Å². The SMILES string of the molecule is OC1(C2C=CCN2)CCSC1. The third-order valence-corrected chi connectivity index (χ3v) is 3.59. The molecule has 0 spiro atoms. The Balaban J connectivity index is 2.06. The van der Waals surface area contributed by atoms with Gasteiger partial charge in [-0.05, 0) is 12.2 Å². The van der Waals surface area contributed by atoms with Crippen molar-refractivity contribution in [3.63, 3.8) is 0 Å². The van der Waals surface area contributed by atoms with Gasteiger partial charge in [0, 0.05) is 12.3 Å². The Morgan fingerprint density at radius 1 is 1.64 bits per heavy atom. The third-order valence-electron chi connectivity index (χ3n) is 2.39. The summed E-state index contributed by atoms with van der Waals surface area (Å²) in [7, 11) is 0. The van der Waals surface area contributed by atoms with Gasteiger partial charge in [0.05, 0.1) is 11.6 Å². The Labute approximate surface area is 71.1 Å². The molecule has 1 fully saturated rings. The summed E-state index contributed by atoms with van der Waals surface area (Å²) in [6.07, 6.45) is 5.11. The first kappa shape index (κ1) is 7.65. The number of aliphatic hydroxyl groups is 1. The number of rotatable bonds is 1. The molecular formula is C8H13NOS. The summed E-state index contributed by atoms with van der Waals surface area (Å²) < 4.78 is 0. The molecule has 2 nitrogen and oxygen atoms in total. The lowest BCUT2D eigenvalue weighted by molar-refractivity contribution is 0.0466. The first-order valence-electron chi connectivity index (χ1n) is 4.01. The molecule has 62 valence electrons. The van der Waals surface area contributed by atoms with Gasteiger partial charge in [-0.2, -0.15) is 11.8 Å². The molecule has 0 bridgehead atoms. The van der Waals surface area contributed by atoms with Crippen LogP contribution in [0.2, 0.25) is 0 Å². The average Bonchev–Trinajstić information content (AvgIpc) is 2.55. The van der Waals surface area contributed by atoms with Crippen LogP contribution < -0.4 is 5.32 Å². The van der Waals surface area contributed by atoms with Crippen LogP contribution in [0.3, 0.4) is 0 Å². The third kappa shape index (κ3) is 1.33. The Morgan fingerprint density at radius 3 is 3.09 bits per heavy atom. The van der Waals surface area contributed by atoms with Gasteiger partial charge in [-0.25, -0.2) is 0 Å². The van der Waals surface area contributed by atoms with E-state index in [9.17, 15) is 5.11 Å². The van der Waals surface area contributed by atoms with E-state index in [1.54, 1.807) is 0 Å². The molecule has 2 aliphatic rings. The molecule has 0 aromatic rings. The summed E-state index contributed by atoms with van der Waals surface area (Å²) >= 11 is 1.84. The highest BCUT2D eigenvalue weighted by molar-refractivity contribution is 7.99. The van der Waals surface area contributed by atoms with Crippen molar-refractivity contribution < 1.29 is 5.11 Å². The molecule has 0 radical (unpaired) electrons. The molecule has 2 unspecified atom stereocenters. The Morgan fingerprint density at radius 2 is 2.55 bits per heavy atom. The molecule has 0 amide bonds. The van der Waals surface area contributed by atoms with Gasteiger partial charge in [0.25, 0.3) is 0 Å². The van der Waals surface area contributed by atoms with Crippen molar-refractivity contribution in [2.75, 3.05) is 18.1 Å². The Bertz CT molecular complexity index is 175. The van der Waals surface area contributed by atoms with Crippen molar-refractivity contribution in [2.45, 2.75) is 18.1 Å². The smallest absolute Gasteiger partial charge is 0.0933 e. The first-order valence-corrected chi connectivity index (χ1v) is 5.17. The lowest BCUT2D eigenvalue weighted by Crippen LogP contribution is -2.47. The maximum atomic E-state index is 10.1. The van der Waals surface area contributed by atoms with E-state index >= 15 is 0 Å². The van der Waals surface area contributed by atoms with E-state index in [0.29, 0.717) is 0 Å². The van der Waals surface area contributed by atoms with Crippen molar-refractivity contribution >= 4 is 11.8 Å². The molecular weight excluding hydrogens is 158 g/mol. The van der Waals surface area contributed by atoms with Crippen LogP contribution in [0.15, 0.2) is 12.2 Å². The van der Waals surface area contributed by atoms with Crippen LogP contribution in [-0.2, 0) is 0 Å². The largest absolute Gasteiger partial charge is 0.387 e. The number of nitrogens with one attached hydrogen (secondary N) is 1. The van der Waals surface area contributed by atoms with Crippen molar-refractivity contribution in [3.8, 4) is 0 Å². The van der Waals surface area contributed by atoms with E-state index in [2.05, 4.69) is 17.5 Å². The van der Waals surface area contributed by atoms with E-state index < -0.39 is 5.60 Å². The van der Waals surface area contributed by atoms with E-state index in [0.717, 1.165) is 24.5 Å². The maximum Gasteiger partial charge on any atom is 0.0933 e. The number of thioether (sulfide) groups is 1. The second kappa shape index (κ2) is 2.81. The zero-order valence-electron chi connectivity index (χ0n) is 6.42. The quantitative estimate of drug-likeness (QED) is 0.560. The average molecular weight is 171 g/mol. The highest BCUT2D eigenvalue weighted by atomic mass is 32.2. The van der Waals surface area contributed by atoms with Gasteiger partial charge >= 0.3 is 0 Å². The minimum Gasteiger partial charge on any atom is -0.387 e. The van der Waals surface area contributed by atoms with Crippen LogP contribution >= 0.6 is 11.8 Å². The molecule has 2 N–H and O–H groups in total. The fourth-order valence-electron chi connectivity index (χ4n) is 1.65. The van der Waals surface area contributed by atoms with Gasteiger partial charge in [0.2, 0.25) is 0 Å². The van der Waals surface area contributed by atoms with Crippen LogP contribution in [0, 0.1) is 0 Å². The molecule has 0 aliphatic carbocycles. The number of hydrogen-bond acceptors (Lipinski definition) is 3. The maximum absolute atomic E-state index is 10.1. The molecule has 2 aliphatic heterocycles. The highest BCUT2D eigenvalue weighted by Gasteiger charge is 2.39. The molecule has 2 rings (SSSR count). The van der Waals surface area contributed by atoms with Crippen molar-refractivity contribution in [3.05, 3.63) is 12.2 Å². The predicted molar refractivity (Wildman–Crippen MR) is 47.8 cm³/mol. The summed E-state index contributed by atoms with van der Waals surface area (Å²) in [6, 6.07) is 0.206. The molecule has 0 saturated carbocycles. The van der Waals surface area contributed by atoms with Crippen LogP contribution in [0.4, 0.5) is 0 Å². The Hall–Kier alpha value is 0.01000. The van der Waals surface area contributed by atoms with E-state index in [1.165, 1.54) is 0 Å². The van der Waals surface area contributed by atoms with Gasteiger partial charge in [0.15, 0.2) is 0 Å². The van der Waals surface area contributed by atoms with Gasteiger partial charge in [-0.3, -0.25) is 0 Å². The summed E-state index contributed by atoms with van der Waals surface area (Å²) in [5.41, 5.74) is -0.461. The monoisotopic (exact) mass is 171 g/mol. The van der Waals surface area contributed by atoms with E-state index in [4.69, 9.17) is 0 Å². The normalized spacial score (nSPS) is 43.5. The summed E-state index contributed by atoms with van der Waals surface area (Å²) in [5, 5.41) is 13.3. The van der Waals surface area contributed by atoms with Crippen LogP contribution in [0.5, 0.6) is 0 Å². The molecule has 2 heterocycles.